The maximum Gasteiger partial charge on any atom is 0.328 e. The van der Waals surface area contributed by atoms with E-state index in [-0.39, 0.29) is 0 Å². The molecule has 33 heavy (non-hydrogen) atoms. The van der Waals surface area contributed by atoms with Crippen LogP contribution in [-0.4, -0.2) is 17.0 Å². The van der Waals surface area contributed by atoms with Gasteiger partial charge in [0.25, 0.3) is 0 Å². The van der Waals surface area contributed by atoms with Crippen LogP contribution in [0.3, 0.4) is 0 Å². The number of carboxylic acids is 1. The molecule has 0 aliphatic rings. The molecule has 0 radical (unpaired) electrons. The molecule has 5 heteroatoms. The molecule has 1 N–H and O–H groups in total. The van der Waals surface area contributed by atoms with Crippen molar-refractivity contribution >= 4 is 24.1 Å². The number of aliphatic carboxylic acids is 1. The van der Waals surface area contributed by atoms with Crippen molar-refractivity contribution in [1.82, 2.24) is 0 Å². The number of para-hydroxylation sites is 1. The fraction of sp³-hybridized carbons (Fsp3) is 0.143. The van der Waals surface area contributed by atoms with Gasteiger partial charge in [-0.3, -0.25) is 4.79 Å². The summed E-state index contributed by atoms with van der Waals surface area (Å²) in [6.07, 6.45) is 5.49. The summed E-state index contributed by atoms with van der Waals surface area (Å²) in [5.41, 5.74) is 4.23. The zero-order valence-corrected chi connectivity index (χ0v) is 18.6. The van der Waals surface area contributed by atoms with E-state index in [1.807, 2.05) is 73.7 Å². The van der Waals surface area contributed by atoms with Gasteiger partial charge >= 0.3 is 11.9 Å². The Morgan fingerprint density at radius 1 is 0.909 bits per heavy atom. The number of ether oxygens (including phenoxy) is 2. The second kappa shape index (κ2) is 11.5. The average molecular weight is 443 g/mol. The first kappa shape index (κ1) is 23.5. The van der Waals surface area contributed by atoms with Crippen molar-refractivity contribution in [2.75, 3.05) is 0 Å². The van der Waals surface area contributed by atoms with Gasteiger partial charge in [-0.25, -0.2) is 4.79 Å². The Morgan fingerprint density at radius 3 is 2.33 bits per heavy atom. The SMILES string of the molecule is CC(=O)OC(C=Cc1cccc(C)c1OCc1ccccc1)c1ccccc1C=CC(=O)O. The molecule has 0 aliphatic carbocycles. The van der Waals surface area contributed by atoms with Crippen molar-refractivity contribution in [3.8, 4) is 5.75 Å². The third-order valence-corrected chi connectivity index (χ3v) is 4.92. The molecule has 0 amide bonds. The monoisotopic (exact) mass is 442 g/mol. The van der Waals surface area contributed by atoms with Crippen molar-refractivity contribution in [3.05, 3.63) is 113 Å². The van der Waals surface area contributed by atoms with Crippen molar-refractivity contribution in [2.45, 2.75) is 26.6 Å². The molecule has 1 unspecified atom stereocenters. The van der Waals surface area contributed by atoms with Crippen molar-refractivity contribution < 1.29 is 24.2 Å². The highest BCUT2D eigenvalue weighted by molar-refractivity contribution is 5.85. The molecule has 3 aromatic rings. The zero-order valence-electron chi connectivity index (χ0n) is 18.6. The fourth-order valence-corrected chi connectivity index (χ4v) is 3.39. The minimum Gasteiger partial charge on any atom is -0.488 e. The number of benzene rings is 3. The molecule has 0 fully saturated rings. The summed E-state index contributed by atoms with van der Waals surface area (Å²) in [7, 11) is 0. The average Bonchev–Trinajstić information content (AvgIpc) is 2.80. The Bertz CT molecular complexity index is 1160. The van der Waals surface area contributed by atoms with Gasteiger partial charge in [-0.15, -0.1) is 0 Å². The van der Waals surface area contributed by atoms with Crippen LogP contribution in [0.25, 0.3) is 12.2 Å². The van der Waals surface area contributed by atoms with E-state index in [9.17, 15) is 9.59 Å². The number of carbonyl (C=O) groups is 2. The molecule has 168 valence electrons. The Balaban J connectivity index is 1.92. The summed E-state index contributed by atoms with van der Waals surface area (Å²) < 4.78 is 11.7. The van der Waals surface area contributed by atoms with Crippen LogP contribution in [0.4, 0.5) is 0 Å². The fourth-order valence-electron chi connectivity index (χ4n) is 3.39. The maximum atomic E-state index is 11.8. The van der Waals surface area contributed by atoms with Crippen molar-refractivity contribution in [3.63, 3.8) is 0 Å². The molecule has 5 nitrogen and oxygen atoms in total. The molecule has 3 aromatic carbocycles. The predicted octanol–water partition coefficient (Wildman–Crippen LogP) is 5.99. The predicted molar refractivity (Wildman–Crippen MR) is 129 cm³/mol. The number of esters is 1. The van der Waals surface area contributed by atoms with Crippen LogP contribution in [0.2, 0.25) is 0 Å². The number of carboxylic acid groups (broad SMARTS) is 1. The lowest BCUT2D eigenvalue weighted by molar-refractivity contribution is -0.144. The molecule has 0 saturated carbocycles. The minimum absolute atomic E-state index is 0.433. The van der Waals surface area contributed by atoms with Gasteiger partial charge in [0.15, 0.2) is 0 Å². The summed E-state index contributed by atoms with van der Waals surface area (Å²) in [5, 5.41) is 8.99. The third-order valence-electron chi connectivity index (χ3n) is 4.92. The van der Waals surface area contributed by atoms with Crippen LogP contribution in [0, 0.1) is 6.92 Å². The third kappa shape index (κ3) is 6.94. The molecule has 0 aromatic heterocycles. The maximum absolute atomic E-state index is 11.8. The van der Waals surface area contributed by atoms with Crippen LogP contribution in [-0.2, 0) is 20.9 Å². The molecule has 0 aliphatic heterocycles. The molecule has 3 rings (SSSR count). The van der Waals surface area contributed by atoms with Crippen LogP contribution in [0.5, 0.6) is 5.75 Å². The van der Waals surface area contributed by atoms with E-state index in [0.717, 1.165) is 28.5 Å². The highest BCUT2D eigenvalue weighted by Crippen LogP contribution is 2.29. The Morgan fingerprint density at radius 2 is 1.61 bits per heavy atom. The first-order valence-electron chi connectivity index (χ1n) is 10.6. The summed E-state index contributed by atoms with van der Waals surface area (Å²) in [4.78, 5) is 22.8. The topological polar surface area (TPSA) is 72.8 Å². The Kier molecular flexibility index (Phi) is 8.19. The molecular formula is C28H26O5. The van der Waals surface area contributed by atoms with Crippen LogP contribution in [0.1, 0.15) is 40.8 Å². The lowest BCUT2D eigenvalue weighted by atomic mass is 10.00. The van der Waals surface area contributed by atoms with E-state index in [1.165, 1.54) is 13.0 Å². The smallest absolute Gasteiger partial charge is 0.328 e. The van der Waals surface area contributed by atoms with Gasteiger partial charge in [-0.05, 0) is 35.8 Å². The van der Waals surface area contributed by atoms with E-state index >= 15 is 0 Å². The number of rotatable bonds is 9. The van der Waals surface area contributed by atoms with Gasteiger partial charge in [0, 0.05) is 24.1 Å². The normalized spacial score (nSPS) is 12.1. The largest absolute Gasteiger partial charge is 0.488 e. The summed E-state index contributed by atoms with van der Waals surface area (Å²) in [5.74, 6) is -0.742. The standard InChI is InChI=1S/C28H26O5/c1-20-9-8-13-24(28(20)32-19-22-10-4-3-5-11-22)15-17-26(33-21(2)29)25-14-7-6-12-23(25)16-18-27(30)31/h3-18,26H,19H2,1-2H3,(H,30,31). The summed E-state index contributed by atoms with van der Waals surface area (Å²) in [6, 6.07) is 23.0. The quantitative estimate of drug-likeness (QED) is 0.326. The second-order valence-corrected chi connectivity index (χ2v) is 7.46. The highest BCUT2D eigenvalue weighted by Gasteiger charge is 2.15. The van der Waals surface area contributed by atoms with Gasteiger partial charge in [0.05, 0.1) is 0 Å². The van der Waals surface area contributed by atoms with E-state index in [0.29, 0.717) is 17.7 Å². The Labute approximate surface area is 193 Å². The van der Waals surface area contributed by atoms with E-state index in [4.69, 9.17) is 14.6 Å². The summed E-state index contributed by atoms with van der Waals surface area (Å²) >= 11 is 0. The van der Waals surface area contributed by atoms with E-state index in [2.05, 4.69) is 0 Å². The zero-order chi connectivity index (χ0) is 23.6. The highest BCUT2D eigenvalue weighted by atomic mass is 16.5. The first-order chi connectivity index (χ1) is 15.9. The Hall–Kier alpha value is -4.12. The number of hydrogen-bond acceptors (Lipinski definition) is 4. The van der Waals surface area contributed by atoms with E-state index < -0.39 is 18.0 Å². The van der Waals surface area contributed by atoms with Gasteiger partial charge in [0.2, 0.25) is 0 Å². The van der Waals surface area contributed by atoms with Crippen molar-refractivity contribution in [2.24, 2.45) is 0 Å². The molecular weight excluding hydrogens is 416 g/mol. The molecule has 0 spiro atoms. The van der Waals surface area contributed by atoms with Gasteiger partial charge in [-0.1, -0.05) is 78.9 Å². The van der Waals surface area contributed by atoms with E-state index in [1.54, 1.807) is 18.2 Å². The first-order valence-corrected chi connectivity index (χ1v) is 10.6. The summed E-state index contributed by atoms with van der Waals surface area (Å²) in [6.45, 7) is 3.76. The molecule has 0 bridgehead atoms. The molecule has 0 heterocycles. The van der Waals surface area contributed by atoms with Crippen LogP contribution >= 0.6 is 0 Å². The number of hydrogen-bond donors (Lipinski definition) is 1. The van der Waals surface area contributed by atoms with Gasteiger partial charge in [0.1, 0.15) is 18.5 Å². The number of carbonyl (C=O) groups excluding carboxylic acids is 1. The lowest BCUT2D eigenvalue weighted by Crippen LogP contribution is -2.08. The van der Waals surface area contributed by atoms with Crippen LogP contribution < -0.4 is 4.74 Å². The van der Waals surface area contributed by atoms with Gasteiger partial charge < -0.3 is 14.6 Å². The molecule has 0 saturated heterocycles. The lowest BCUT2D eigenvalue weighted by Gasteiger charge is -2.17. The second-order valence-electron chi connectivity index (χ2n) is 7.46. The molecule has 1 atom stereocenters. The van der Waals surface area contributed by atoms with Gasteiger partial charge in [-0.2, -0.15) is 0 Å². The number of aryl methyl sites for hydroxylation is 1. The minimum atomic E-state index is -1.05. The van der Waals surface area contributed by atoms with Crippen LogP contribution in [0.15, 0.2) is 84.9 Å². The van der Waals surface area contributed by atoms with Crippen molar-refractivity contribution in [1.29, 1.82) is 0 Å².